The molecule has 0 radical (unpaired) electrons. The van der Waals surface area contributed by atoms with Crippen molar-refractivity contribution >= 4 is 0 Å². The summed E-state index contributed by atoms with van der Waals surface area (Å²) in [6.45, 7) is 0.723. The molecule has 1 aromatic carbocycles. The van der Waals surface area contributed by atoms with Crippen LogP contribution in [0.2, 0.25) is 0 Å². The number of rotatable bonds is 2. The van der Waals surface area contributed by atoms with Gasteiger partial charge in [0.2, 0.25) is 0 Å². The molecule has 1 N–H and O–H groups in total. The summed E-state index contributed by atoms with van der Waals surface area (Å²) in [6.07, 6.45) is -4.78. The van der Waals surface area contributed by atoms with Crippen molar-refractivity contribution in [1.82, 2.24) is 10.2 Å². The zero-order chi connectivity index (χ0) is 14.9. The number of nitrogens with one attached hydrogen (secondary N) is 1. The maximum Gasteiger partial charge on any atom is 0.408 e. The second kappa shape index (κ2) is 5.61. The minimum Gasteiger partial charge on any atom is -0.314 e. The molecule has 1 aliphatic rings. The first-order valence-corrected chi connectivity index (χ1v) is 5.96. The number of hydrogen-bond donors (Lipinski definition) is 1. The first kappa shape index (κ1) is 15.1. The number of alkyl halides is 3. The van der Waals surface area contributed by atoms with E-state index in [9.17, 15) is 26.3 Å². The van der Waals surface area contributed by atoms with Gasteiger partial charge in [0.05, 0.1) is 0 Å². The third-order valence-electron chi connectivity index (χ3n) is 3.16. The molecule has 1 aliphatic heterocycles. The standard InChI is InChI=1S/C12H12F6N2/c13-8-6-10(15)9(14)5-7(8)11(12(16,17)18)20-3-1-19-2-4-20/h5-6,11,19H,1-4H2/t11-/m0/s1. The van der Waals surface area contributed by atoms with Crippen molar-refractivity contribution in [1.29, 1.82) is 0 Å². The van der Waals surface area contributed by atoms with Gasteiger partial charge in [-0.15, -0.1) is 0 Å². The normalized spacial score (nSPS) is 19.1. The van der Waals surface area contributed by atoms with Crippen LogP contribution in [0.15, 0.2) is 12.1 Å². The van der Waals surface area contributed by atoms with Gasteiger partial charge in [0.25, 0.3) is 0 Å². The highest BCUT2D eigenvalue weighted by Gasteiger charge is 2.46. The van der Waals surface area contributed by atoms with Crippen LogP contribution in [0.25, 0.3) is 0 Å². The second-order valence-corrected chi connectivity index (χ2v) is 4.52. The largest absolute Gasteiger partial charge is 0.408 e. The topological polar surface area (TPSA) is 15.3 Å². The maximum atomic E-state index is 13.6. The fourth-order valence-electron chi connectivity index (χ4n) is 2.27. The molecule has 8 heteroatoms. The van der Waals surface area contributed by atoms with Crippen LogP contribution in [-0.4, -0.2) is 37.3 Å². The molecule has 0 saturated carbocycles. The van der Waals surface area contributed by atoms with E-state index in [0.717, 1.165) is 4.90 Å². The lowest BCUT2D eigenvalue weighted by Gasteiger charge is -2.36. The molecule has 2 rings (SSSR count). The van der Waals surface area contributed by atoms with Crippen molar-refractivity contribution in [2.45, 2.75) is 12.2 Å². The van der Waals surface area contributed by atoms with Crippen molar-refractivity contribution < 1.29 is 26.3 Å². The van der Waals surface area contributed by atoms with Crippen molar-refractivity contribution in [2.75, 3.05) is 26.2 Å². The van der Waals surface area contributed by atoms with E-state index in [0.29, 0.717) is 13.1 Å². The number of benzene rings is 1. The lowest BCUT2D eigenvalue weighted by atomic mass is 10.0. The highest BCUT2D eigenvalue weighted by molar-refractivity contribution is 5.25. The highest BCUT2D eigenvalue weighted by Crippen LogP contribution is 2.39. The van der Waals surface area contributed by atoms with Gasteiger partial charge < -0.3 is 5.32 Å². The molecule has 20 heavy (non-hydrogen) atoms. The molecular formula is C12H12F6N2. The molecular weight excluding hydrogens is 286 g/mol. The Hall–Kier alpha value is -1.28. The smallest absolute Gasteiger partial charge is 0.314 e. The molecule has 1 saturated heterocycles. The van der Waals surface area contributed by atoms with E-state index in [2.05, 4.69) is 5.32 Å². The molecule has 0 bridgehead atoms. The van der Waals surface area contributed by atoms with E-state index < -0.39 is 35.2 Å². The number of halogens is 6. The predicted molar refractivity (Wildman–Crippen MR) is 59.6 cm³/mol. The molecule has 1 heterocycles. The molecule has 112 valence electrons. The average Bonchev–Trinajstić information content (AvgIpc) is 2.35. The van der Waals surface area contributed by atoms with E-state index in [1.165, 1.54) is 0 Å². The van der Waals surface area contributed by atoms with Crippen LogP contribution in [0.4, 0.5) is 26.3 Å². The lowest BCUT2D eigenvalue weighted by Crippen LogP contribution is -2.49. The van der Waals surface area contributed by atoms with E-state index >= 15 is 0 Å². The van der Waals surface area contributed by atoms with Crippen LogP contribution in [0.5, 0.6) is 0 Å². The molecule has 1 aromatic rings. The van der Waals surface area contributed by atoms with Gasteiger partial charge in [-0.3, -0.25) is 4.90 Å². The van der Waals surface area contributed by atoms with Crippen LogP contribution in [-0.2, 0) is 0 Å². The molecule has 0 aromatic heterocycles. The highest BCUT2D eigenvalue weighted by atomic mass is 19.4. The van der Waals surface area contributed by atoms with Crippen LogP contribution in [0.1, 0.15) is 11.6 Å². The minimum atomic E-state index is -4.78. The summed E-state index contributed by atoms with van der Waals surface area (Å²) in [4.78, 5) is 1.01. The van der Waals surface area contributed by atoms with Crippen LogP contribution < -0.4 is 5.32 Å². The monoisotopic (exact) mass is 298 g/mol. The molecule has 1 fully saturated rings. The summed E-state index contributed by atoms with van der Waals surface area (Å²) in [5, 5.41) is 2.87. The molecule has 2 nitrogen and oxygen atoms in total. The number of nitrogens with zero attached hydrogens (tertiary/aromatic N) is 1. The van der Waals surface area contributed by atoms with Crippen LogP contribution in [0.3, 0.4) is 0 Å². The van der Waals surface area contributed by atoms with Crippen molar-refractivity contribution in [2.24, 2.45) is 0 Å². The van der Waals surface area contributed by atoms with Gasteiger partial charge >= 0.3 is 6.18 Å². The molecule has 0 aliphatic carbocycles. The average molecular weight is 298 g/mol. The summed E-state index contributed by atoms with van der Waals surface area (Å²) in [6, 6.07) is -1.85. The summed E-state index contributed by atoms with van der Waals surface area (Å²) in [7, 11) is 0. The van der Waals surface area contributed by atoms with Gasteiger partial charge in [-0.2, -0.15) is 13.2 Å². The summed E-state index contributed by atoms with van der Waals surface area (Å²) < 4.78 is 79.1. The maximum absolute atomic E-state index is 13.6. The third-order valence-corrected chi connectivity index (χ3v) is 3.16. The first-order chi connectivity index (χ1) is 9.30. The van der Waals surface area contributed by atoms with Crippen LogP contribution in [0, 0.1) is 17.5 Å². The van der Waals surface area contributed by atoms with Gasteiger partial charge in [-0.1, -0.05) is 0 Å². The molecule has 0 spiro atoms. The second-order valence-electron chi connectivity index (χ2n) is 4.52. The quantitative estimate of drug-likeness (QED) is 0.667. The van der Waals surface area contributed by atoms with Crippen LogP contribution >= 0.6 is 0 Å². The lowest BCUT2D eigenvalue weighted by molar-refractivity contribution is -0.188. The summed E-state index contributed by atoms with van der Waals surface area (Å²) >= 11 is 0. The Morgan fingerprint density at radius 1 is 0.950 bits per heavy atom. The fraction of sp³-hybridized carbons (Fsp3) is 0.500. The Kier molecular flexibility index (Phi) is 4.24. The van der Waals surface area contributed by atoms with E-state index in [-0.39, 0.29) is 25.2 Å². The van der Waals surface area contributed by atoms with E-state index in [4.69, 9.17) is 0 Å². The molecule has 0 amide bonds. The zero-order valence-electron chi connectivity index (χ0n) is 10.3. The third kappa shape index (κ3) is 3.06. The van der Waals surface area contributed by atoms with Crippen molar-refractivity contribution in [3.8, 4) is 0 Å². The van der Waals surface area contributed by atoms with E-state index in [1.54, 1.807) is 0 Å². The Labute approximate surface area is 111 Å². The number of piperazine rings is 1. The Morgan fingerprint density at radius 2 is 1.50 bits per heavy atom. The SMILES string of the molecule is Fc1cc(F)c([C@H](N2CCNCC2)C(F)(F)F)cc1F. The van der Waals surface area contributed by atoms with E-state index in [1.807, 2.05) is 0 Å². The predicted octanol–water partition coefficient (Wildman–Crippen LogP) is 2.61. The van der Waals surface area contributed by atoms with Gasteiger partial charge in [0.15, 0.2) is 11.6 Å². The summed E-state index contributed by atoms with van der Waals surface area (Å²) in [5.41, 5.74) is -0.890. The number of hydrogen-bond acceptors (Lipinski definition) is 2. The molecule has 1 atom stereocenters. The van der Waals surface area contributed by atoms with Gasteiger partial charge in [0, 0.05) is 37.8 Å². The molecule has 0 unspecified atom stereocenters. The Balaban J connectivity index is 2.43. The van der Waals surface area contributed by atoms with Crippen molar-refractivity contribution in [3.05, 3.63) is 35.1 Å². The van der Waals surface area contributed by atoms with Gasteiger partial charge in [-0.05, 0) is 6.07 Å². The fourth-order valence-corrected chi connectivity index (χ4v) is 2.27. The first-order valence-electron chi connectivity index (χ1n) is 5.96. The minimum absolute atomic E-state index is 0.0443. The Bertz CT molecular complexity index is 482. The van der Waals surface area contributed by atoms with Crippen molar-refractivity contribution in [3.63, 3.8) is 0 Å². The Morgan fingerprint density at radius 3 is 2.05 bits per heavy atom. The zero-order valence-corrected chi connectivity index (χ0v) is 10.3. The summed E-state index contributed by atoms with van der Waals surface area (Å²) in [5.74, 6) is -4.40. The van der Waals surface area contributed by atoms with Gasteiger partial charge in [0.1, 0.15) is 11.9 Å². The van der Waals surface area contributed by atoms with Gasteiger partial charge in [-0.25, -0.2) is 13.2 Å².